The number of hydrogen-bond donors (Lipinski definition) is 2. The summed E-state index contributed by atoms with van der Waals surface area (Å²) in [5.74, 6) is 4.26. The minimum absolute atomic E-state index is 0.0837. The van der Waals surface area contributed by atoms with Gasteiger partial charge in [0, 0.05) is 18.8 Å². The maximum absolute atomic E-state index is 5.98. The Bertz CT molecular complexity index is 487. The predicted octanol–water partition coefficient (Wildman–Crippen LogP) is 2.82. The Balaban J connectivity index is 1.76. The number of nitrogens with zero attached hydrogens (tertiary/aromatic N) is 1. The number of benzene rings is 1. The summed E-state index contributed by atoms with van der Waals surface area (Å²) in [4.78, 5) is 4.31. The first-order valence-corrected chi connectivity index (χ1v) is 9.11. The van der Waals surface area contributed by atoms with Crippen molar-refractivity contribution in [2.45, 2.75) is 38.8 Å². The molecule has 0 bridgehead atoms. The first-order valence-electron chi connectivity index (χ1n) is 7.96. The van der Waals surface area contributed by atoms with Crippen LogP contribution in [0.5, 0.6) is 5.75 Å². The van der Waals surface area contributed by atoms with E-state index in [4.69, 9.17) is 4.74 Å². The molecule has 122 valence electrons. The van der Waals surface area contributed by atoms with Crippen molar-refractivity contribution in [2.24, 2.45) is 4.99 Å². The van der Waals surface area contributed by atoms with E-state index < -0.39 is 0 Å². The normalized spacial score (nSPS) is 20.3. The molecule has 0 amide bonds. The van der Waals surface area contributed by atoms with E-state index in [9.17, 15) is 0 Å². The van der Waals surface area contributed by atoms with E-state index >= 15 is 0 Å². The van der Waals surface area contributed by atoms with E-state index in [1.807, 2.05) is 37.0 Å². The molecule has 0 saturated carbocycles. The molecule has 1 aromatic carbocycles. The second-order valence-electron chi connectivity index (χ2n) is 5.71. The van der Waals surface area contributed by atoms with Gasteiger partial charge in [0.15, 0.2) is 5.96 Å². The third kappa shape index (κ3) is 5.44. The number of guanidine groups is 1. The quantitative estimate of drug-likeness (QED) is 0.647. The number of ether oxygens (including phenoxy) is 1. The highest BCUT2D eigenvalue weighted by Gasteiger charge is 2.15. The van der Waals surface area contributed by atoms with Gasteiger partial charge < -0.3 is 15.4 Å². The average Bonchev–Trinajstić information content (AvgIpc) is 2.54. The van der Waals surface area contributed by atoms with Gasteiger partial charge in [0.05, 0.1) is 6.54 Å². The van der Waals surface area contributed by atoms with Gasteiger partial charge in [0.25, 0.3) is 0 Å². The Morgan fingerprint density at radius 1 is 1.45 bits per heavy atom. The van der Waals surface area contributed by atoms with E-state index in [1.54, 1.807) is 0 Å². The van der Waals surface area contributed by atoms with Crippen LogP contribution in [0.2, 0.25) is 0 Å². The van der Waals surface area contributed by atoms with E-state index in [-0.39, 0.29) is 6.10 Å². The maximum Gasteiger partial charge on any atom is 0.191 e. The number of aliphatic imine (C=N–C) groups is 1. The molecule has 0 aliphatic carbocycles. The summed E-state index contributed by atoms with van der Waals surface area (Å²) in [6.45, 7) is 4.87. The molecule has 2 rings (SSSR count). The summed E-state index contributed by atoms with van der Waals surface area (Å²) in [5.41, 5.74) is 1.16. The smallest absolute Gasteiger partial charge is 0.191 e. The standard InChI is InChI=1S/C17H27N3OS/c1-13-7-4-5-9-16(13)21-14(2)11-19-17(18-3)20-15-8-6-10-22-12-15/h4-5,7,9,14-15H,6,8,10-12H2,1-3H3,(H2,18,19,20). The molecule has 1 saturated heterocycles. The molecule has 22 heavy (non-hydrogen) atoms. The van der Waals surface area contributed by atoms with Crippen LogP contribution >= 0.6 is 11.8 Å². The molecule has 0 radical (unpaired) electrons. The number of aryl methyl sites for hydroxylation is 1. The van der Waals surface area contributed by atoms with Gasteiger partial charge in [0.1, 0.15) is 11.9 Å². The fraction of sp³-hybridized carbons (Fsp3) is 0.588. The third-order valence-electron chi connectivity index (χ3n) is 3.70. The van der Waals surface area contributed by atoms with Crippen LogP contribution in [-0.2, 0) is 0 Å². The summed E-state index contributed by atoms with van der Waals surface area (Å²) in [5, 5.41) is 6.86. The van der Waals surface area contributed by atoms with Crippen LogP contribution in [0.3, 0.4) is 0 Å². The number of hydrogen-bond acceptors (Lipinski definition) is 3. The predicted molar refractivity (Wildman–Crippen MR) is 96.1 cm³/mol. The molecule has 2 unspecified atom stereocenters. The van der Waals surface area contributed by atoms with Crippen molar-refractivity contribution in [3.8, 4) is 5.75 Å². The molecule has 1 aliphatic rings. The van der Waals surface area contributed by atoms with Crippen LogP contribution in [0.15, 0.2) is 29.3 Å². The SMILES string of the molecule is CN=C(NCC(C)Oc1ccccc1C)NC1CCCSC1. The number of thioether (sulfide) groups is 1. The van der Waals surface area contributed by atoms with Crippen molar-refractivity contribution in [1.29, 1.82) is 0 Å². The zero-order chi connectivity index (χ0) is 15.8. The van der Waals surface area contributed by atoms with Crippen molar-refractivity contribution >= 4 is 17.7 Å². The van der Waals surface area contributed by atoms with Crippen molar-refractivity contribution in [2.75, 3.05) is 25.1 Å². The Morgan fingerprint density at radius 2 is 2.27 bits per heavy atom. The molecule has 0 aromatic heterocycles. The highest BCUT2D eigenvalue weighted by Crippen LogP contribution is 2.18. The fourth-order valence-corrected chi connectivity index (χ4v) is 3.50. The molecule has 1 aromatic rings. The molecule has 2 N–H and O–H groups in total. The summed E-state index contributed by atoms with van der Waals surface area (Å²) >= 11 is 2.01. The van der Waals surface area contributed by atoms with E-state index in [0.717, 1.165) is 29.6 Å². The zero-order valence-electron chi connectivity index (χ0n) is 13.8. The summed E-state index contributed by atoms with van der Waals surface area (Å²) in [7, 11) is 1.82. The van der Waals surface area contributed by atoms with Gasteiger partial charge in [-0.1, -0.05) is 18.2 Å². The maximum atomic E-state index is 5.98. The van der Waals surface area contributed by atoms with E-state index in [0.29, 0.717) is 6.04 Å². The third-order valence-corrected chi connectivity index (χ3v) is 4.92. The lowest BCUT2D eigenvalue weighted by atomic mass is 10.2. The lowest BCUT2D eigenvalue weighted by Crippen LogP contribution is -2.47. The fourth-order valence-electron chi connectivity index (χ4n) is 2.43. The Hall–Kier alpha value is -1.36. The van der Waals surface area contributed by atoms with Crippen molar-refractivity contribution in [3.63, 3.8) is 0 Å². The largest absolute Gasteiger partial charge is 0.489 e. The van der Waals surface area contributed by atoms with Crippen LogP contribution < -0.4 is 15.4 Å². The second-order valence-corrected chi connectivity index (χ2v) is 6.86. The summed E-state index contributed by atoms with van der Waals surface area (Å²) in [6.07, 6.45) is 2.59. The second kappa shape index (κ2) is 8.93. The average molecular weight is 321 g/mol. The van der Waals surface area contributed by atoms with Crippen LogP contribution in [0.1, 0.15) is 25.3 Å². The van der Waals surface area contributed by atoms with E-state index in [2.05, 4.69) is 35.5 Å². The topological polar surface area (TPSA) is 45.7 Å². The van der Waals surface area contributed by atoms with Gasteiger partial charge in [-0.15, -0.1) is 0 Å². The minimum Gasteiger partial charge on any atom is -0.489 e. The van der Waals surface area contributed by atoms with Crippen LogP contribution in [-0.4, -0.2) is 43.2 Å². The van der Waals surface area contributed by atoms with Crippen LogP contribution in [0, 0.1) is 6.92 Å². The number of rotatable bonds is 5. The molecule has 1 fully saturated rings. The molecule has 1 heterocycles. The molecule has 1 aliphatic heterocycles. The van der Waals surface area contributed by atoms with Crippen molar-refractivity contribution in [1.82, 2.24) is 10.6 Å². The van der Waals surface area contributed by atoms with Gasteiger partial charge in [-0.05, 0) is 44.1 Å². The lowest BCUT2D eigenvalue weighted by Gasteiger charge is -2.25. The summed E-state index contributed by atoms with van der Waals surface area (Å²) < 4.78 is 5.98. The molecular weight excluding hydrogens is 294 g/mol. The van der Waals surface area contributed by atoms with E-state index in [1.165, 1.54) is 18.6 Å². The highest BCUT2D eigenvalue weighted by atomic mass is 32.2. The van der Waals surface area contributed by atoms with Crippen LogP contribution in [0.4, 0.5) is 0 Å². The van der Waals surface area contributed by atoms with Crippen molar-refractivity contribution in [3.05, 3.63) is 29.8 Å². The van der Waals surface area contributed by atoms with Gasteiger partial charge >= 0.3 is 0 Å². The van der Waals surface area contributed by atoms with Gasteiger partial charge in [-0.2, -0.15) is 11.8 Å². The van der Waals surface area contributed by atoms with Crippen molar-refractivity contribution < 1.29 is 4.74 Å². The number of para-hydroxylation sites is 1. The molecule has 2 atom stereocenters. The van der Waals surface area contributed by atoms with Gasteiger partial charge in [-0.3, -0.25) is 4.99 Å². The molecular formula is C17H27N3OS. The lowest BCUT2D eigenvalue weighted by molar-refractivity contribution is 0.222. The monoisotopic (exact) mass is 321 g/mol. The summed E-state index contributed by atoms with van der Waals surface area (Å²) in [6, 6.07) is 8.63. The number of nitrogens with one attached hydrogen (secondary N) is 2. The van der Waals surface area contributed by atoms with Gasteiger partial charge in [0.2, 0.25) is 0 Å². The Labute approximate surface area is 138 Å². The minimum atomic E-state index is 0.0837. The zero-order valence-corrected chi connectivity index (χ0v) is 14.6. The van der Waals surface area contributed by atoms with Crippen LogP contribution in [0.25, 0.3) is 0 Å². The molecule has 4 nitrogen and oxygen atoms in total. The Kier molecular flexibility index (Phi) is 6.90. The first-order chi connectivity index (χ1) is 10.7. The molecule has 5 heteroatoms. The Morgan fingerprint density at radius 3 is 2.95 bits per heavy atom. The molecule has 0 spiro atoms. The highest BCUT2D eigenvalue weighted by molar-refractivity contribution is 7.99. The first kappa shape index (κ1) is 17.0. The van der Waals surface area contributed by atoms with Gasteiger partial charge in [-0.25, -0.2) is 0 Å².